The normalized spacial score (nSPS) is 13.9. The lowest BCUT2D eigenvalue weighted by Gasteiger charge is -2.29. The number of halogens is 6. The number of aromatic amines is 1. The van der Waals surface area contributed by atoms with Crippen molar-refractivity contribution in [3.8, 4) is 0 Å². The van der Waals surface area contributed by atoms with Gasteiger partial charge in [0.15, 0.2) is 11.4 Å². The van der Waals surface area contributed by atoms with Gasteiger partial charge in [-0.2, -0.15) is 36.5 Å². The van der Waals surface area contributed by atoms with Crippen molar-refractivity contribution in [3.63, 3.8) is 0 Å². The number of rotatable bonds is 17. The van der Waals surface area contributed by atoms with E-state index in [4.69, 9.17) is 4.74 Å². The summed E-state index contributed by atoms with van der Waals surface area (Å²) in [6, 6.07) is 12.4. The van der Waals surface area contributed by atoms with E-state index in [1.165, 1.54) is 12.7 Å². The molecule has 0 bridgehead atoms. The molecule has 10 rings (SSSR count). The van der Waals surface area contributed by atoms with Crippen LogP contribution in [0, 0.1) is 0 Å². The Morgan fingerprint density at radius 3 is 1.71 bits per heavy atom. The fourth-order valence-corrected chi connectivity index (χ4v) is 9.85. The molecule has 10 heterocycles. The molecule has 0 atom stereocenters. The van der Waals surface area contributed by atoms with Gasteiger partial charge >= 0.3 is 12.4 Å². The van der Waals surface area contributed by atoms with Crippen molar-refractivity contribution in [1.29, 1.82) is 0 Å². The van der Waals surface area contributed by atoms with Crippen LogP contribution in [0.25, 0.3) is 22.1 Å². The van der Waals surface area contributed by atoms with Crippen molar-refractivity contribution in [2.24, 2.45) is 0 Å². The van der Waals surface area contributed by atoms with Gasteiger partial charge in [-0.25, -0.2) is 19.9 Å². The summed E-state index contributed by atoms with van der Waals surface area (Å²) in [4.78, 5) is 58.9. The highest BCUT2D eigenvalue weighted by Gasteiger charge is 2.33. The fraction of sp³-hybridized carbons (Fsp3) is 0.400. The number of carbonyl (C=O) groups excluding carboxylic acids is 2. The maximum atomic E-state index is 13.1. The summed E-state index contributed by atoms with van der Waals surface area (Å²) in [6.07, 6.45) is 3.67. The molecule has 3 N–H and O–H groups in total. The van der Waals surface area contributed by atoms with Gasteiger partial charge in [0.2, 0.25) is 0 Å². The number of nitrogens with zero attached hydrogens (tertiary/aromatic N) is 13. The molecule has 0 unspecified atom stereocenters. The van der Waals surface area contributed by atoms with Crippen LogP contribution in [-0.4, -0.2) is 124 Å². The van der Waals surface area contributed by atoms with E-state index in [0.29, 0.717) is 82.2 Å². The lowest BCUT2D eigenvalue weighted by Crippen LogP contribution is -2.34. The smallest absolute Gasteiger partial charge is 0.361 e. The van der Waals surface area contributed by atoms with E-state index >= 15 is 0 Å². The molecule has 400 valence electrons. The number of carbonyl (C=O) groups is 2. The Labute approximate surface area is 433 Å². The van der Waals surface area contributed by atoms with Crippen molar-refractivity contribution in [3.05, 3.63) is 131 Å². The van der Waals surface area contributed by atoms with Gasteiger partial charge < -0.3 is 34.7 Å². The minimum absolute atomic E-state index is 0.129. The van der Waals surface area contributed by atoms with Gasteiger partial charge in [-0.3, -0.25) is 28.9 Å². The first-order chi connectivity index (χ1) is 36.4. The van der Waals surface area contributed by atoms with Crippen LogP contribution in [0.5, 0.6) is 0 Å². The molecule has 0 fully saturated rings. The third kappa shape index (κ3) is 13.0. The molecule has 0 radical (unpaired) electrons. The average molecular weight is 1070 g/mol. The Morgan fingerprint density at radius 2 is 1.20 bits per heavy atom. The molecule has 76 heavy (non-hydrogen) atoms. The molecule has 0 aliphatic carbocycles. The summed E-state index contributed by atoms with van der Waals surface area (Å²) in [5, 5.41) is 15.6. The molecule has 0 saturated carbocycles. The Kier molecular flexibility index (Phi) is 15.8. The van der Waals surface area contributed by atoms with Crippen LogP contribution in [-0.2, 0) is 50.5 Å². The van der Waals surface area contributed by atoms with Crippen molar-refractivity contribution < 1.29 is 40.7 Å². The number of H-pyrrole nitrogens is 1. The van der Waals surface area contributed by atoms with Crippen molar-refractivity contribution in [2.45, 2.75) is 96.6 Å². The zero-order chi connectivity index (χ0) is 53.6. The predicted molar refractivity (Wildman–Crippen MR) is 272 cm³/mol. The summed E-state index contributed by atoms with van der Waals surface area (Å²) in [5.41, 5.74) is 6.75. The number of amides is 2. The van der Waals surface area contributed by atoms with Crippen LogP contribution >= 0.6 is 0 Å². The quantitative estimate of drug-likeness (QED) is 0.0460. The van der Waals surface area contributed by atoms with Gasteiger partial charge in [-0.1, -0.05) is 19.6 Å². The standard InChI is InChI=1S/C28H35F3N8O2Si.C22H21F3N8O/c1-42(2,3)15-14-41-19-38-12-6-21-25(34-18-35-26(21)38)37-13-7-23-22(17-37)24(27(40)33-11-8-28(29,30)31)36-39(23)16-20-4-9-32-10-5-20;23-22(24,25)5-9-28-21(34)18-16-12-32(20-15-3-8-27-19(15)29-13-30-20)10-4-17(16)33(31-18)11-14-1-6-26-7-2-14/h4-6,9-10,12,18H,7-8,11,13-17,19H2,1-3H3,(H,33,40);1-3,6-8,13H,4-5,9-12H2,(H,28,34)(H,27,29,30). The summed E-state index contributed by atoms with van der Waals surface area (Å²) in [5.74, 6) is 0.199. The van der Waals surface area contributed by atoms with Crippen LogP contribution in [0.1, 0.15) is 67.5 Å². The molecule has 8 aromatic heterocycles. The lowest BCUT2D eigenvalue weighted by molar-refractivity contribution is -0.134. The third-order valence-electron chi connectivity index (χ3n) is 12.9. The highest BCUT2D eigenvalue weighted by Crippen LogP contribution is 2.33. The summed E-state index contributed by atoms with van der Waals surface area (Å²) >= 11 is 0. The van der Waals surface area contributed by atoms with Gasteiger partial charge in [-0.05, 0) is 53.6 Å². The molecule has 26 heteroatoms. The number of pyridine rings is 2. The first-order valence-corrected chi connectivity index (χ1v) is 28.4. The molecule has 0 spiro atoms. The minimum atomic E-state index is -4.36. The number of hydrogen-bond acceptors (Lipinski definition) is 13. The highest BCUT2D eigenvalue weighted by atomic mass is 28.3. The lowest BCUT2D eigenvalue weighted by atomic mass is 10.0. The first kappa shape index (κ1) is 53.1. The van der Waals surface area contributed by atoms with Gasteiger partial charge in [0, 0.05) is 126 Å². The third-order valence-corrected chi connectivity index (χ3v) is 14.6. The predicted octanol–water partition coefficient (Wildman–Crippen LogP) is 7.47. The SMILES string of the molecule is C[Si](C)(C)CCOCn1ccc2c(N3CCc4c(c(C(=O)NCCC(F)(F)F)nn4Cc4ccncc4)C3)ncnc21.O=C(NCCC(F)(F)F)c1nn(Cc2ccncc2)c2c1CN(c1ncnc3[nH]ccc13)CC2. The monoisotopic (exact) mass is 1070 g/mol. The largest absolute Gasteiger partial charge is 0.390 e. The van der Waals surface area contributed by atoms with E-state index in [9.17, 15) is 35.9 Å². The van der Waals surface area contributed by atoms with E-state index in [1.807, 2.05) is 52.1 Å². The molecule has 0 saturated heterocycles. The zero-order valence-corrected chi connectivity index (χ0v) is 43.0. The van der Waals surface area contributed by atoms with Crippen LogP contribution in [0.3, 0.4) is 0 Å². The van der Waals surface area contributed by atoms with Crippen LogP contribution in [0.15, 0.2) is 86.2 Å². The molecule has 2 amide bonds. The molecule has 0 aromatic carbocycles. The summed E-state index contributed by atoms with van der Waals surface area (Å²) in [7, 11) is -1.20. The Bertz CT molecular complexity index is 3280. The molecule has 19 nitrogen and oxygen atoms in total. The Hall–Kier alpha value is -7.74. The van der Waals surface area contributed by atoms with Crippen molar-refractivity contribution >= 4 is 53.6 Å². The molecule has 2 aliphatic heterocycles. The average Bonchev–Trinajstić information content (AvgIpc) is 4.22. The van der Waals surface area contributed by atoms with Crippen LogP contribution < -0.4 is 20.4 Å². The number of fused-ring (bicyclic) bond motifs is 4. The topological polar surface area (TPSA) is 208 Å². The second-order valence-electron chi connectivity index (χ2n) is 19.7. The first-order valence-electron chi connectivity index (χ1n) is 24.7. The fourth-order valence-electron chi connectivity index (χ4n) is 9.09. The second-order valence-corrected chi connectivity index (χ2v) is 25.3. The second kappa shape index (κ2) is 22.6. The van der Waals surface area contributed by atoms with E-state index in [-0.39, 0.29) is 11.4 Å². The summed E-state index contributed by atoms with van der Waals surface area (Å²) < 4.78 is 87.3. The Balaban J connectivity index is 0.000000190. The van der Waals surface area contributed by atoms with Gasteiger partial charge in [0.05, 0.1) is 36.7 Å². The van der Waals surface area contributed by atoms with E-state index < -0.39 is 58.2 Å². The number of alkyl halides is 6. The molecular weight excluding hydrogens is 1010 g/mol. The van der Waals surface area contributed by atoms with Crippen molar-refractivity contribution in [1.82, 2.24) is 69.6 Å². The number of hydrogen-bond donors (Lipinski definition) is 3. The zero-order valence-electron chi connectivity index (χ0n) is 42.0. The number of anilines is 2. The number of ether oxygens (including phenoxy) is 1. The van der Waals surface area contributed by atoms with E-state index in [2.05, 4.69) is 80.3 Å². The Morgan fingerprint density at radius 1 is 0.684 bits per heavy atom. The van der Waals surface area contributed by atoms with Crippen LogP contribution in [0.2, 0.25) is 25.7 Å². The van der Waals surface area contributed by atoms with Gasteiger partial charge in [0.25, 0.3) is 11.8 Å². The highest BCUT2D eigenvalue weighted by molar-refractivity contribution is 6.76. The van der Waals surface area contributed by atoms with E-state index in [1.54, 1.807) is 40.3 Å². The van der Waals surface area contributed by atoms with Crippen molar-refractivity contribution in [2.75, 3.05) is 42.6 Å². The number of aromatic nitrogens is 12. The molecule has 8 aromatic rings. The minimum Gasteiger partial charge on any atom is -0.361 e. The summed E-state index contributed by atoms with van der Waals surface area (Å²) in [6.45, 7) is 9.78. The molecular formula is C50H56F6N16O3Si. The maximum Gasteiger partial charge on any atom is 0.390 e. The van der Waals surface area contributed by atoms with Gasteiger partial charge in [0.1, 0.15) is 42.3 Å². The van der Waals surface area contributed by atoms with Crippen LogP contribution in [0.4, 0.5) is 38.0 Å². The number of nitrogens with one attached hydrogen (secondary N) is 3. The van der Waals surface area contributed by atoms with Gasteiger partial charge in [-0.15, -0.1) is 0 Å². The maximum absolute atomic E-state index is 13.1. The molecule has 2 aliphatic rings. The van der Waals surface area contributed by atoms with E-state index in [0.717, 1.165) is 56.6 Å².